The molecule has 0 amide bonds. The Kier molecular flexibility index (Phi) is 2.01. The molecule has 0 unspecified atom stereocenters. The third kappa shape index (κ3) is 1.33. The predicted molar refractivity (Wildman–Crippen MR) is 55.3 cm³/mol. The van der Waals surface area contributed by atoms with Crippen molar-refractivity contribution < 1.29 is 9.84 Å². The molecule has 2 atom stereocenters. The first-order valence-corrected chi connectivity index (χ1v) is 4.98. The summed E-state index contributed by atoms with van der Waals surface area (Å²) in [4.78, 5) is 12.1. The van der Waals surface area contributed by atoms with Gasteiger partial charge in [-0.15, -0.1) is 0 Å². The summed E-state index contributed by atoms with van der Waals surface area (Å²) >= 11 is 0. The minimum Gasteiger partial charge on any atom is -0.391 e. The zero-order valence-corrected chi connectivity index (χ0v) is 8.45. The Balaban J connectivity index is 2.08. The second-order valence-corrected chi connectivity index (χ2v) is 3.76. The van der Waals surface area contributed by atoms with Crippen molar-refractivity contribution in [1.29, 1.82) is 0 Å². The number of hydrogen-bond donors (Lipinski definition) is 2. The van der Waals surface area contributed by atoms with Crippen LogP contribution in [0.1, 0.15) is 12.6 Å². The molecule has 1 fully saturated rings. The third-order valence-electron chi connectivity index (χ3n) is 2.65. The number of nitrogens with two attached hydrogens (primary N) is 1. The molecule has 3 heterocycles. The smallest absolute Gasteiger partial charge is 0.167 e. The van der Waals surface area contributed by atoms with Gasteiger partial charge in [-0.25, -0.2) is 15.0 Å². The maximum Gasteiger partial charge on any atom is 0.167 e. The van der Waals surface area contributed by atoms with Crippen LogP contribution in [0.3, 0.4) is 0 Å². The number of rotatable bonds is 1. The highest BCUT2D eigenvalue weighted by Crippen LogP contribution is 2.27. The second-order valence-electron chi connectivity index (χ2n) is 3.76. The summed E-state index contributed by atoms with van der Waals surface area (Å²) in [6, 6.07) is 0. The van der Waals surface area contributed by atoms with E-state index in [1.54, 1.807) is 10.9 Å². The fourth-order valence-electron chi connectivity index (χ4n) is 1.87. The molecule has 1 saturated heterocycles. The predicted octanol–water partition coefficient (Wildman–Crippen LogP) is -0.312. The van der Waals surface area contributed by atoms with Crippen LogP contribution in [-0.2, 0) is 4.74 Å². The zero-order valence-electron chi connectivity index (χ0n) is 8.45. The van der Waals surface area contributed by atoms with E-state index in [-0.39, 0.29) is 6.23 Å². The molecule has 1 aliphatic rings. The van der Waals surface area contributed by atoms with Crippen molar-refractivity contribution in [1.82, 2.24) is 19.5 Å². The van der Waals surface area contributed by atoms with Crippen molar-refractivity contribution >= 4 is 17.0 Å². The Bertz CT molecular complexity index is 526. The lowest BCUT2D eigenvalue weighted by atomic mass is 10.3. The van der Waals surface area contributed by atoms with E-state index in [4.69, 9.17) is 10.5 Å². The number of aromatic nitrogens is 4. The Morgan fingerprint density at radius 2 is 2.31 bits per heavy atom. The van der Waals surface area contributed by atoms with E-state index in [0.717, 1.165) is 0 Å². The van der Waals surface area contributed by atoms with E-state index in [2.05, 4.69) is 15.0 Å². The Morgan fingerprint density at radius 1 is 1.44 bits per heavy atom. The topological polar surface area (TPSA) is 99.1 Å². The SMILES string of the molecule is Nc1ncnc2c1ncn2[C@@H]1C[C@H](O)CO1. The van der Waals surface area contributed by atoms with Crippen molar-refractivity contribution in [2.24, 2.45) is 0 Å². The van der Waals surface area contributed by atoms with Gasteiger partial charge in [0.15, 0.2) is 11.5 Å². The van der Waals surface area contributed by atoms with Gasteiger partial charge in [-0.3, -0.25) is 4.57 Å². The van der Waals surface area contributed by atoms with Gasteiger partial charge in [0.2, 0.25) is 0 Å². The van der Waals surface area contributed by atoms with E-state index in [0.29, 0.717) is 30.0 Å². The van der Waals surface area contributed by atoms with E-state index in [9.17, 15) is 5.11 Å². The number of hydrogen-bond acceptors (Lipinski definition) is 6. The number of nitrogen functional groups attached to an aromatic ring is 1. The van der Waals surface area contributed by atoms with Gasteiger partial charge in [-0.2, -0.15) is 0 Å². The van der Waals surface area contributed by atoms with Gasteiger partial charge in [0.05, 0.1) is 19.0 Å². The highest BCUT2D eigenvalue weighted by molar-refractivity contribution is 5.81. The van der Waals surface area contributed by atoms with Crippen molar-refractivity contribution in [2.45, 2.75) is 18.8 Å². The number of anilines is 1. The summed E-state index contributed by atoms with van der Waals surface area (Å²) in [6.07, 6.45) is 2.88. The number of nitrogens with zero attached hydrogens (tertiary/aromatic N) is 4. The van der Waals surface area contributed by atoms with Crippen LogP contribution in [0.5, 0.6) is 0 Å². The van der Waals surface area contributed by atoms with Crippen molar-refractivity contribution in [2.75, 3.05) is 12.3 Å². The monoisotopic (exact) mass is 221 g/mol. The number of aliphatic hydroxyl groups excluding tert-OH is 1. The van der Waals surface area contributed by atoms with E-state index < -0.39 is 6.10 Å². The average Bonchev–Trinajstić information content (AvgIpc) is 2.84. The second kappa shape index (κ2) is 3.39. The quantitative estimate of drug-likeness (QED) is 0.685. The highest BCUT2D eigenvalue weighted by atomic mass is 16.5. The standard InChI is InChI=1S/C9H11N5O2/c10-8-7-9(12-3-11-8)14(4-13-7)6-1-5(15)2-16-6/h3-6,15H,1-2H2,(H2,10,11,12)/t5-,6-/m0/s1. The van der Waals surface area contributed by atoms with E-state index in [1.807, 2.05) is 0 Å². The maximum absolute atomic E-state index is 9.41. The molecule has 7 nitrogen and oxygen atoms in total. The molecule has 0 spiro atoms. The summed E-state index contributed by atoms with van der Waals surface area (Å²) in [5.74, 6) is 0.349. The molecule has 0 saturated carbocycles. The molecule has 2 aromatic rings. The van der Waals surface area contributed by atoms with Crippen LogP contribution >= 0.6 is 0 Å². The molecular formula is C9H11N5O2. The van der Waals surface area contributed by atoms with Gasteiger partial charge in [0, 0.05) is 6.42 Å². The Labute approximate surface area is 90.9 Å². The van der Waals surface area contributed by atoms with Gasteiger partial charge in [0.1, 0.15) is 18.1 Å². The maximum atomic E-state index is 9.41. The molecule has 3 rings (SSSR count). The van der Waals surface area contributed by atoms with Gasteiger partial charge < -0.3 is 15.6 Å². The van der Waals surface area contributed by atoms with Gasteiger partial charge >= 0.3 is 0 Å². The van der Waals surface area contributed by atoms with Gasteiger partial charge in [0.25, 0.3) is 0 Å². The highest BCUT2D eigenvalue weighted by Gasteiger charge is 2.26. The Hall–Kier alpha value is -1.73. The van der Waals surface area contributed by atoms with Crippen molar-refractivity contribution in [3.05, 3.63) is 12.7 Å². The summed E-state index contributed by atoms with van der Waals surface area (Å²) in [6.45, 7) is 0.338. The van der Waals surface area contributed by atoms with Crippen LogP contribution in [0.4, 0.5) is 5.82 Å². The number of fused-ring (bicyclic) bond motifs is 1. The molecule has 3 N–H and O–H groups in total. The normalized spacial score (nSPS) is 25.3. The lowest BCUT2D eigenvalue weighted by Gasteiger charge is -2.10. The molecule has 0 aromatic carbocycles. The molecule has 84 valence electrons. The molecule has 1 aliphatic heterocycles. The minimum absolute atomic E-state index is 0.228. The molecular weight excluding hydrogens is 210 g/mol. The zero-order chi connectivity index (χ0) is 11.1. The lowest BCUT2D eigenvalue weighted by Crippen LogP contribution is -2.08. The van der Waals surface area contributed by atoms with Crippen LogP contribution in [-0.4, -0.2) is 37.3 Å². The van der Waals surface area contributed by atoms with Gasteiger partial charge in [-0.1, -0.05) is 0 Å². The Morgan fingerprint density at radius 3 is 3.06 bits per heavy atom. The molecule has 0 radical (unpaired) electrons. The number of imidazole rings is 1. The van der Waals surface area contributed by atoms with Crippen molar-refractivity contribution in [3.8, 4) is 0 Å². The summed E-state index contributed by atoms with van der Waals surface area (Å²) in [5, 5.41) is 9.41. The molecule has 16 heavy (non-hydrogen) atoms. The van der Waals surface area contributed by atoms with Crippen LogP contribution in [0.2, 0.25) is 0 Å². The first-order chi connectivity index (χ1) is 7.75. The van der Waals surface area contributed by atoms with Crippen LogP contribution in [0, 0.1) is 0 Å². The van der Waals surface area contributed by atoms with E-state index >= 15 is 0 Å². The summed E-state index contributed by atoms with van der Waals surface area (Å²) < 4.78 is 7.20. The molecule has 0 bridgehead atoms. The fourth-order valence-corrected chi connectivity index (χ4v) is 1.87. The van der Waals surface area contributed by atoms with Crippen molar-refractivity contribution in [3.63, 3.8) is 0 Å². The third-order valence-corrected chi connectivity index (χ3v) is 2.65. The van der Waals surface area contributed by atoms with Crippen LogP contribution in [0.15, 0.2) is 12.7 Å². The fraction of sp³-hybridized carbons (Fsp3) is 0.444. The average molecular weight is 221 g/mol. The number of aliphatic hydroxyl groups is 1. The largest absolute Gasteiger partial charge is 0.391 e. The first-order valence-electron chi connectivity index (χ1n) is 4.98. The van der Waals surface area contributed by atoms with E-state index in [1.165, 1.54) is 6.33 Å². The van der Waals surface area contributed by atoms with Gasteiger partial charge in [-0.05, 0) is 0 Å². The number of ether oxygens (including phenoxy) is 1. The molecule has 7 heteroatoms. The van der Waals surface area contributed by atoms with Crippen LogP contribution < -0.4 is 5.73 Å². The summed E-state index contributed by atoms with van der Waals surface area (Å²) in [5.41, 5.74) is 6.87. The minimum atomic E-state index is -0.429. The molecule has 2 aromatic heterocycles. The summed E-state index contributed by atoms with van der Waals surface area (Å²) in [7, 11) is 0. The first kappa shape index (κ1) is 9.49. The molecule has 0 aliphatic carbocycles. The van der Waals surface area contributed by atoms with Crippen LogP contribution in [0.25, 0.3) is 11.2 Å². The lowest BCUT2D eigenvalue weighted by molar-refractivity contribution is 0.0502.